The van der Waals surface area contributed by atoms with Crippen LogP contribution < -0.4 is 4.74 Å². The molecule has 0 fully saturated rings. The highest BCUT2D eigenvalue weighted by molar-refractivity contribution is 8.17. The number of rotatable bonds is 7. The maximum absolute atomic E-state index is 12.3. The minimum atomic E-state index is -0.654. The van der Waals surface area contributed by atoms with Gasteiger partial charge in [-0.25, -0.2) is 0 Å². The van der Waals surface area contributed by atoms with Gasteiger partial charge in [0.2, 0.25) is 0 Å². The summed E-state index contributed by atoms with van der Waals surface area (Å²) in [7, 11) is -0.654. The second-order valence-electron chi connectivity index (χ2n) is 8.98. The lowest BCUT2D eigenvalue weighted by Crippen LogP contribution is -2.19. The van der Waals surface area contributed by atoms with Crippen LogP contribution in [0.4, 0.5) is 0 Å². The van der Waals surface area contributed by atoms with Crippen LogP contribution in [0.25, 0.3) is 0 Å². The maximum Gasteiger partial charge on any atom is 0.170 e. The third-order valence-corrected chi connectivity index (χ3v) is 7.24. The van der Waals surface area contributed by atoms with E-state index in [1.54, 1.807) is 0 Å². The zero-order valence-corrected chi connectivity index (χ0v) is 19.5. The molecule has 0 aliphatic heterocycles. The van der Waals surface area contributed by atoms with Gasteiger partial charge in [-0.1, -0.05) is 57.2 Å². The summed E-state index contributed by atoms with van der Waals surface area (Å²) < 4.78 is 5.98. The van der Waals surface area contributed by atoms with Gasteiger partial charge in [0.15, 0.2) is 5.78 Å². The summed E-state index contributed by atoms with van der Waals surface area (Å²) in [6.07, 6.45) is 0.524. The predicted molar refractivity (Wildman–Crippen MR) is 127 cm³/mol. The molecule has 158 valence electrons. The first kappa shape index (κ1) is 22.2. The molecule has 3 aromatic carbocycles. The molecule has 0 unspecified atom stereocenters. The summed E-state index contributed by atoms with van der Waals surface area (Å²) in [6.45, 7) is 10.5. The Hall–Kier alpha value is -2.52. The molecule has 0 aliphatic rings. The first-order valence-electron chi connectivity index (χ1n) is 10.4. The number of benzene rings is 3. The Morgan fingerprint density at radius 1 is 0.800 bits per heavy atom. The summed E-state index contributed by atoms with van der Waals surface area (Å²) in [5, 5.41) is 0. The minimum absolute atomic E-state index is 0.0183. The summed E-state index contributed by atoms with van der Waals surface area (Å²) in [6, 6.07) is 25.8. The summed E-state index contributed by atoms with van der Waals surface area (Å²) in [5.74, 6) is 0.971. The lowest BCUT2D eigenvalue weighted by Gasteiger charge is -2.25. The van der Waals surface area contributed by atoms with Gasteiger partial charge in [0, 0.05) is 6.42 Å². The molecule has 3 heteroatoms. The van der Waals surface area contributed by atoms with Gasteiger partial charge in [0.05, 0.1) is 0 Å². The standard InChI is InChI=1S/C27H32O2S/c1-20-16-25(17-21(2)26(20)29-19-22(28)18-27(3,4)5)30(23-12-8-6-9-13-23)24-14-10-7-11-15-24/h6-17,30H,18-19H2,1-5H3. The highest BCUT2D eigenvalue weighted by Crippen LogP contribution is 2.52. The molecule has 30 heavy (non-hydrogen) atoms. The van der Waals surface area contributed by atoms with Crippen LogP contribution in [0.2, 0.25) is 0 Å². The van der Waals surface area contributed by atoms with Gasteiger partial charge in [-0.3, -0.25) is 4.79 Å². The fourth-order valence-corrected chi connectivity index (χ4v) is 6.16. The zero-order chi connectivity index (χ0) is 21.7. The van der Waals surface area contributed by atoms with E-state index in [-0.39, 0.29) is 17.8 Å². The third-order valence-electron chi connectivity index (χ3n) is 4.84. The van der Waals surface area contributed by atoms with E-state index < -0.39 is 10.9 Å². The van der Waals surface area contributed by atoms with E-state index in [1.807, 2.05) is 0 Å². The zero-order valence-electron chi connectivity index (χ0n) is 18.6. The monoisotopic (exact) mass is 420 g/mol. The average molecular weight is 421 g/mol. The Morgan fingerprint density at radius 2 is 1.27 bits per heavy atom. The van der Waals surface area contributed by atoms with Crippen molar-refractivity contribution in [3.63, 3.8) is 0 Å². The van der Waals surface area contributed by atoms with Crippen LogP contribution >= 0.6 is 10.9 Å². The van der Waals surface area contributed by atoms with Crippen LogP contribution in [0.1, 0.15) is 38.3 Å². The molecule has 0 spiro atoms. The number of carbonyl (C=O) groups is 1. The van der Waals surface area contributed by atoms with E-state index in [2.05, 4.69) is 107 Å². The smallest absolute Gasteiger partial charge is 0.170 e. The van der Waals surface area contributed by atoms with E-state index in [4.69, 9.17) is 4.74 Å². The molecule has 3 rings (SSSR count). The maximum atomic E-state index is 12.3. The molecule has 0 heterocycles. The summed E-state index contributed by atoms with van der Waals surface area (Å²) >= 11 is 0. The normalized spacial score (nSPS) is 11.8. The molecule has 0 radical (unpaired) electrons. The van der Waals surface area contributed by atoms with Crippen LogP contribution in [0, 0.1) is 19.3 Å². The molecule has 0 saturated carbocycles. The molecule has 0 amide bonds. The van der Waals surface area contributed by atoms with Crippen molar-refractivity contribution in [2.75, 3.05) is 6.61 Å². The Bertz CT molecular complexity index is 926. The number of hydrogen-bond donors (Lipinski definition) is 1. The highest BCUT2D eigenvalue weighted by atomic mass is 32.2. The molecule has 2 nitrogen and oxygen atoms in total. The SMILES string of the molecule is Cc1cc([SH](c2ccccc2)c2ccccc2)cc(C)c1OCC(=O)CC(C)(C)C. The highest BCUT2D eigenvalue weighted by Gasteiger charge is 2.19. The Balaban J connectivity index is 1.91. The number of ether oxygens (including phenoxy) is 1. The van der Waals surface area contributed by atoms with Crippen molar-refractivity contribution in [3.8, 4) is 5.75 Å². The molecule has 0 bridgehead atoms. The van der Waals surface area contributed by atoms with Gasteiger partial charge in [0.1, 0.15) is 12.4 Å². The molecule has 0 N–H and O–H groups in total. The number of carbonyl (C=O) groups excluding carboxylic acids is 1. The largest absolute Gasteiger partial charge is 0.485 e. The molecular formula is C27H32O2S. The van der Waals surface area contributed by atoms with Gasteiger partial charge in [-0.05, 0) is 81.5 Å². The van der Waals surface area contributed by atoms with E-state index in [0.717, 1.165) is 16.9 Å². The number of hydrogen-bond acceptors (Lipinski definition) is 2. The van der Waals surface area contributed by atoms with Crippen molar-refractivity contribution < 1.29 is 9.53 Å². The Kier molecular flexibility index (Phi) is 7.04. The predicted octanol–water partition coefficient (Wildman–Crippen LogP) is 7.17. The second kappa shape index (κ2) is 9.53. The van der Waals surface area contributed by atoms with Crippen LogP contribution in [0.3, 0.4) is 0 Å². The van der Waals surface area contributed by atoms with Crippen molar-refractivity contribution >= 4 is 16.7 Å². The Morgan fingerprint density at radius 3 is 1.70 bits per heavy atom. The van der Waals surface area contributed by atoms with Crippen LogP contribution in [0.5, 0.6) is 5.75 Å². The van der Waals surface area contributed by atoms with Crippen LogP contribution in [-0.4, -0.2) is 12.4 Å². The van der Waals surface area contributed by atoms with Crippen molar-refractivity contribution in [3.05, 3.63) is 83.9 Å². The second-order valence-corrected chi connectivity index (χ2v) is 11.2. The number of Topliss-reactive ketones (excluding diaryl/α,β-unsaturated/α-hetero) is 1. The van der Waals surface area contributed by atoms with Gasteiger partial charge in [0.25, 0.3) is 0 Å². The average Bonchev–Trinajstić information content (AvgIpc) is 2.68. The summed E-state index contributed by atoms with van der Waals surface area (Å²) in [4.78, 5) is 16.2. The first-order chi connectivity index (χ1) is 14.2. The van der Waals surface area contributed by atoms with E-state index in [9.17, 15) is 4.79 Å². The lowest BCUT2D eigenvalue weighted by atomic mass is 9.90. The minimum Gasteiger partial charge on any atom is -0.485 e. The van der Waals surface area contributed by atoms with Crippen molar-refractivity contribution in [1.29, 1.82) is 0 Å². The molecule has 0 aliphatic carbocycles. The fourth-order valence-electron chi connectivity index (χ4n) is 3.68. The number of aryl methyl sites for hydroxylation is 2. The van der Waals surface area contributed by atoms with E-state index >= 15 is 0 Å². The topological polar surface area (TPSA) is 26.3 Å². The summed E-state index contributed by atoms with van der Waals surface area (Å²) in [5.41, 5.74) is 2.14. The van der Waals surface area contributed by atoms with E-state index in [1.165, 1.54) is 14.7 Å². The Labute approximate surface area is 183 Å². The molecule has 0 aromatic heterocycles. The van der Waals surface area contributed by atoms with Crippen molar-refractivity contribution in [1.82, 2.24) is 0 Å². The third kappa shape index (κ3) is 5.76. The number of ketones is 1. The van der Waals surface area contributed by atoms with Gasteiger partial charge < -0.3 is 4.74 Å². The van der Waals surface area contributed by atoms with Gasteiger partial charge in [-0.15, -0.1) is 0 Å². The molecule has 3 aromatic rings. The van der Waals surface area contributed by atoms with E-state index in [0.29, 0.717) is 6.42 Å². The quantitative estimate of drug-likeness (QED) is 0.410. The van der Waals surface area contributed by atoms with Crippen molar-refractivity contribution in [2.24, 2.45) is 5.41 Å². The van der Waals surface area contributed by atoms with Crippen LogP contribution in [-0.2, 0) is 4.79 Å². The fraction of sp³-hybridized carbons (Fsp3) is 0.296. The molecule has 0 atom stereocenters. The van der Waals surface area contributed by atoms with Gasteiger partial charge >= 0.3 is 0 Å². The molecular weight excluding hydrogens is 388 g/mol. The van der Waals surface area contributed by atoms with Gasteiger partial charge in [-0.2, -0.15) is 10.9 Å². The molecule has 0 saturated heterocycles. The first-order valence-corrected chi connectivity index (χ1v) is 11.7. The lowest BCUT2D eigenvalue weighted by molar-refractivity contribution is -0.122. The van der Waals surface area contributed by atoms with Crippen molar-refractivity contribution in [2.45, 2.75) is 55.7 Å². The van der Waals surface area contributed by atoms with Crippen LogP contribution in [0.15, 0.2) is 87.5 Å². The number of thiol groups is 1.